The number of benzene rings is 1. The number of hydrogen-bond donors (Lipinski definition) is 2. The van der Waals surface area contributed by atoms with Gasteiger partial charge in [0.25, 0.3) is 5.56 Å². The van der Waals surface area contributed by atoms with Crippen molar-refractivity contribution >= 4 is 28.1 Å². The second-order valence-corrected chi connectivity index (χ2v) is 7.31. The number of thiophene rings is 1. The molecule has 2 heterocycles. The van der Waals surface area contributed by atoms with Gasteiger partial charge in [-0.2, -0.15) is 0 Å². The summed E-state index contributed by atoms with van der Waals surface area (Å²) in [5.41, 5.74) is 0.480. The van der Waals surface area contributed by atoms with Crippen LogP contribution in [0, 0.1) is 0 Å². The Hall–Kier alpha value is -2.51. The lowest BCUT2D eigenvalue weighted by Gasteiger charge is -2.23. The third-order valence-electron chi connectivity index (χ3n) is 4.24. The van der Waals surface area contributed by atoms with E-state index in [1.165, 1.54) is 4.88 Å². The molecule has 0 saturated carbocycles. The average Bonchev–Trinajstić information content (AvgIpc) is 3.14. The third-order valence-corrected chi connectivity index (χ3v) is 5.21. The number of aromatic amines is 1. The number of nitrogens with one attached hydrogen (secondary N) is 2. The lowest BCUT2D eigenvalue weighted by Crippen LogP contribution is -2.34. The molecule has 0 fully saturated rings. The maximum Gasteiger partial charge on any atom is 0.258 e. The lowest BCUT2D eigenvalue weighted by atomic mass is 10.2. The van der Waals surface area contributed by atoms with Gasteiger partial charge in [0.2, 0.25) is 5.91 Å². The molecule has 2 N–H and O–H groups in total. The highest BCUT2D eigenvalue weighted by Gasteiger charge is 2.16. The molecular formula is C19H22N4O2S. The van der Waals surface area contributed by atoms with Crippen LogP contribution in [0.5, 0.6) is 0 Å². The van der Waals surface area contributed by atoms with E-state index in [9.17, 15) is 9.59 Å². The zero-order valence-electron chi connectivity index (χ0n) is 14.9. The number of amides is 1. The highest BCUT2D eigenvalue weighted by molar-refractivity contribution is 7.10. The highest BCUT2D eigenvalue weighted by Crippen LogP contribution is 2.22. The summed E-state index contributed by atoms with van der Waals surface area (Å²) in [6, 6.07) is 11.4. The van der Waals surface area contributed by atoms with E-state index >= 15 is 0 Å². The molecule has 136 valence electrons. The average molecular weight is 370 g/mol. The molecule has 26 heavy (non-hydrogen) atoms. The Balaban J connectivity index is 1.58. The molecule has 7 heteroatoms. The van der Waals surface area contributed by atoms with Gasteiger partial charge in [-0.25, -0.2) is 4.98 Å². The number of para-hydroxylation sites is 1. The van der Waals surface area contributed by atoms with Crippen molar-refractivity contribution in [3.63, 3.8) is 0 Å². The molecule has 1 amide bonds. The van der Waals surface area contributed by atoms with Crippen LogP contribution in [0.15, 0.2) is 46.6 Å². The van der Waals surface area contributed by atoms with Crippen LogP contribution in [0.25, 0.3) is 10.9 Å². The van der Waals surface area contributed by atoms with Crippen molar-refractivity contribution < 1.29 is 4.79 Å². The second kappa shape index (κ2) is 8.25. The Labute approximate surface area is 155 Å². The molecule has 0 aliphatic rings. The highest BCUT2D eigenvalue weighted by atomic mass is 32.1. The second-order valence-electron chi connectivity index (χ2n) is 6.33. The molecule has 0 unspecified atom stereocenters. The number of carbonyl (C=O) groups excluding carboxylic acids is 1. The monoisotopic (exact) mass is 370 g/mol. The molecule has 0 spiro atoms. The van der Waals surface area contributed by atoms with Crippen LogP contribution in [0.4, 0.5) is 0 Å². The molecule has 0 saturated heterocycles. The minimum absolute atomic E-state index is 0.0517. The van der Waals surface area contributed by atoms with E-state index in [4.69, 9.17) is 0 Å². The summed E-state index contributed by atoms with van der Waals surface area (Å²) in [6.07, 6.45) is 0.684. The van der Waals surface area contributed by atoms with Gasteiger partial charge in [-0.05, 0) is 37.7 Å². The predicted octanol–water partition coefficient (Wildman–Crippen LogP) is 2.34. The molecule has 3 rings (SSSR count). The number of hydrogen-bond acceptors (Lipinski definition) is 5. The summed E-state index contributed by atoms with van der Waals surface area (Å²) < 4.78 is 0. The number of aryl methyl sites for hydroxylation is 1. The Morgan fingerprint density at radius 1 is 1.27 bits per heavy atom. The molecule has 1 aromatic carbocycles. The Morgan fingerprint density at radius 2 is 2.08 bits per heavy atom. The minimum atomic E-state index is -0.170. The molecular weight excluding hydrogens is 348 g/mol. The number of nitrogens with zero attached hydrogens (tertiary/aromatic N) is 2. The van der Waals surface area contributed by atoms with Gasteiger partial charge in [-0.1, -0.05) is 18.2 Å². The standard InChI is InChI=1S/C19H22N4O2S/c1-23(2)15(16-8-5-11-26-16)12-20-18(24)10-9-17-21-14-7-4-3-6-13(14)19(25)22-17/h3-8,11,15H,9-10,12H2,1-2H3,(H,20,24)(H,21,22,25)/t15-/m0/s1. The SMILES string of the molecule is CN(C)[C@@H](CNC(=O)CCc1nc2ccccc2c(=O)[nH]1)c1cccs1. The van der Waals surface area contributed by atoms with Crippen molar-refractivity contribution in [2.45, 2.75) is 18.9 Å². The summed E-state index contributed by atoms with van der Waals surface area (Å²) in [6.45, 7) is 0.550. The van der Waals surface area contributed by atoms with Gasteiger partial charge in [0, 0.05) is 24.3 Å². The fourth-order valence-electron chi connectivity index (χ4n) is 2.80. The largest absolute Gasteiger partial charge is 0.354 e. The van der Waals surface area contributed by atoms with Crippen molar-refractivity contribution in [2.24, 2.45) is 0 Å². The topological polar surface area (TPSA) is 78.1 Å². The van der Waals surface area contributed by atoms with Gasteiger partial charge >= 0.3 is 0 Å². The first-order valence-electron chi connectivity index (χ1n) is 8.49. The Kier molecular flexibility index (Phi) is 5.80. The third kappa shape index (κ3) is 4.36. The number of carbonyl (C=O) groups is 1. The van der Waals surface area contributed by atoms with E-state index in [2.05, 4.69) is 26.3 Å². The molecule has 2 aromatic heterocycles. The van der Waals surface area contributed by atoms with Crippen LogP contribution in [-0.2, 0) is 11.2 Å². The van der Waals surface area contributed by atoms with Crippen molar-refractivity contribution in [1.82, 2.24) is 20.2 Å². The van der Waals surface area contributed by atoms with Gasteiger partial charge in [-0.15, -0.1) is 11.3 Å². The fourth-order valence-corrected chi connectivity index (χ4v) is 3.73. The van der Waals surface area contributed by atoms with Crippen LogP contribution < -0.4 is 10.9 Å². The Morgan fingerprint density at radius 3 is 2.81 bits per heavy atom. The van der Waals surface area contributed by atoms with Crippen molar-refractivity contribution in [1.29, 1.82) is 0 Å². The summed E-state index contributed by atoms with van der Waals surface area (Å²) in [5.74, 6) is 0.482. The minimum Gasteiger partial charge on any atom is -0.354 e. The Bertz CT molecular complexity index is 934. The fraction of sp³-hybridized carbons (Fsp3) is 0.316. The maximum atomic E-state index is 12.2. The molecule has 6 nitrogen and oxygen atoms in total. The summed E-state index contributed by atoms with van der Waals surface area (Å²) in [7, 11) is 4.00. The van der Waals surface area contributed by atoms with E-state index in [0.29, 0.717) is 29.7 Å². The number of likely N-dealkylation sites (N-methyl/N-ethyl adjacent to an activating group) is 1. The van der Waals surface area contributed by atoms with Gasteiger partial charge in [0.05, 0.1) is 16.9 Å². The van der Waals surface area contributed by atoms with Gasteiger partial charge in [-0.3, -0.25) is 9.59 Å². The zero-order chi connectivity index (χ0) is 18.5. The first kappa shape index (κ1) is 18.3. The van der Waals surface area contributed by atoms with E-state index in [0.717, 1.165) is 0 Å². The van der Waals surface area contributed by atoms with Crippen LogP contribution >= 0.6 is 11.3 Å². The van der Waals surface area contributed by atoms with E-state index < -0.39 is 0 Å². The van der Waals surface area contributed by atoms with Gasteiger partial charge in [0.15, 0.2) is 0 Å². The quantitative estimate of drug-likeness (QED) is 0.669. The number of fused-ring (bicyclic) bond motifs is 1. The summed E-state index contributed by atoms with van der Waals surface area (Å²) in [4.78, 5) is 34.8. The van der Waals surface area contributed by atoms with Crippen LogP contribution in [0.1, 0.15) is 23.2 Å². The number of aromatic nitrogens is 2. The van der Waals surface area contributed by atoms with E-state index in [1.54, 1.807) is 29.5 Å². The molecule has 0 radical (unpaired) electrons. The number of H-pyrrole nitrogens is 1. The first-order chi connectivity index (χ1) is 12.5. The van der Waals surface area contributed by atoms with Crippen molar-refractivity contribution in [3.8, 4) is 0 Å². The number of rotatable bonds is 7. The van der Waals surface area contributed by atoms with Crippen LogP contribution in [-0.4, -0.2) is 41.4 Å². The van der Waals surface area contributed by atoms with Crippen LogP contribution in [0.3, 0.4) is 0 Å². The summed E-state index contributed by atoms with van der Waals surface area (Å²) >= 11 is 1.68. The predicted molar refractivity (Wildman–Crippen MR) is 104 cm³/mol. The van der Waals surface area contributed by atoms with Gasteiger partial charge in [0.1, 0.15) is 5.82 Å². The molecule has 3 aromatic rings. The van der Waals surface area contributed by atoms with Gasteiger partial charge < -0.3 is 15.2 Å². The molecule has 0 bridgehead atoms. The molecule has 0 aliphatic carbocycles. The zero-order valence-corrected chi connectivity index (χ0v) is 15.7. The van der Waals surface area contributed by atoms with Crippen molar-refractivity contribution in [2.75, 3.05) is 20.6 Å². The normalized spacial score (nSPS) is 12.4. The van der Waals surface area contributed by atoms with Crippen molar-refractivity contribution in [3.05, 3.63) is 62.8 Å². The van der Waals surface area contributed by atoms with E-state index in [-0.39, 0.29) is 23.9 Å². The molecule has 1 atom stereocenters. The maximum absolute atomic E-state index is 12.2. The van der Waals surface area contributed by atoms with E-state index in [1.807, 2.05) is 31.6 Å². The first-order valence-corrected chi connectivity index (χ1v) is 9.37. The van der Waals surface area contributed by atoms with Crippen LogP contribution in [0.2, 0.25) is 0 Å². The molecule has 0 aliphatic heterocycles. The smallest absolute Gasteiger partial charge is 0.258 e. The lowest BCUT2D eigenvalue weighted by molar-refractivity contribution is -0.121. The summed E-state index contributed by atoms with van der Waals surface area (Å²) in [5, 5.41) is 5.58.